The first kappa shape index (κ1) is 59.0. The standard InChI is InChI=1S/C54H107NO5/c1-3-5-7-9-11-13-15-17-19-20-21-22-23-24-25-26-27-28-29-30-31-32-33-34-36-37-39-41-43-45-47-51(57)53(59)50(49-56)55-54(60)52(58)48-46-44-42-40-38-35-18-16-14-12-10-8-6-4-2/h14,16,50-53,56-59H,3-13,15,17-49H2,1-2H3,(H,55,60)/b16-14-. The Balaban J connectivity index is 3.56. The summed E-state index contributed by atoms with van der Waals surface area (Å²) >= 11 is 0. The van der Waals surface area contributed by atoms with E-state index in [4.69, 9.17) is 0 Å². The van der Waals surface area contributed by atoms with Gasteiger partial charge in [-0.1, -0.05) is 270 Å². The largest absolute Gasteiger partial charge is 0.394 e. The Labute approximate surface area is 374 Å². The summed E-state index contributed by atoms with van der Waals surface area (Å²) in [7, 11) is 0. The van der Waals surface area contributed by atoms with Crippen molar-refractivity contribution in [3.05, 3.63) is 12.2 Å². The highest BCUT2D eigenvalue weighted by molar-refractivity contribution is 5.80. The molecule has 0 radical (unpaired) electrons. The smallest absolute Gasteiger partial charge is 0.249 e. The zero-order valence-corrected chi connectivity index (χ0v) is 40.5. The van der Waals surface area contributed by atoms with E-state index in [-0.39, 0.29) is 0 Å². The van der Waals surface area contributed by atoms with Crippen LogP contribution >= 0.6 is 0 Å². The summed E-state index contributed by atoms with van der Waals surface area (Å²) in [5, 5.41) is 43.9. The SMILES string of the molecule is CCCCCC/C=C\CCCCCCCCC(O)C(=O)NC(CO)C(O)C(O)CCCCCCCCCCCCCCCCCCCCCCCCCCCCCCCC. The van der Waals surface area contributed by atoms with Crippen molar-refractivity contribution in [3.8, 4) is 0 Å². The van der Waals surface area contributed by atoms with Crippen LogP contribution < -0.4 is 5.32 Å². The number of carbonyl (C=O) groups is 1. The predicted molar refractivity (Wildman–Crippen MR) is 261 cm³/mol. The molecule has 0 fully saturated rings. The van der Waals surface area contributed by atoms with Crippen molar-refractivity contribution in [2.45, 2.75) is 321 Å². The molecule has 0 aliphatic rings. The number of nitrogens with one attached hydrogen (secondary N) is 1. The quantitative estimate of drug-likeness (QED) is 0.0309. The first-order chi connectivity index (χ1) is 29.5. The molecule has 1 amide bonds. The van der Waals surface area contributed by atoms with E-state index >= 15 is 0 Å². The van der Waals surface area contributed by atoms with Crippen LogP contribution in [0.4, 0.5) is 0 Å². The molecule has 5 N–H and O–H groups in total. The minimum Gasteiger partial charge on any atom is -0.394 e. The maximum absolute atomic E-state index is 12.5. The zero-order chi connectivity index (χ0) is 43.8. The average Bonchev–Trinajstić information content (AvgIpc) is 3.25. The van der Waals surface area contributed by atoms with E-state index in [1.54, 1.807) is 0 Å². The topological polar surface area (TPSA) is 110 Å². The van der Waals surface area contributed by atoms with E-state index in [0.717, 1.165) is 44.9 Å². The van der Waals surface area contributed by atoms with Crippen LogP contribution in [-0.2, 0) is 4.79 Å². The number of unbranched alkanes of at least 4 members (excludes halogenated alkanes) is 39. The van der Waals surface area contributed by atoms with Gasteiger partial charge < -0.3 is 25.7 Å². The van der Waals surface area contributed by atoms with Gasteiger partial charge in [-0.3, -0.25) is 4.79 Å². The van der Waals surface area contributed by atoms with Crippen LogP contribution in [0.25, 0.3) is 0 Å². The minimum atomic E-state index is -1.26. The Morgan fingerprint density at radius 1 is 0.400 bits per heavy atom. The molecule has 4 unspecified atom stereocenters. The van der Waals surface area contributed by atoms with E-state index in [2.05, 4.69) is 31.3 Å². The highest BCUT2D eigenvalue weighted by Gasteiger charge is 2.28. The van der Waals surface area contributed by atoms with Crippen molar-refractivity contribution in [1.29, 1.82) is 0 Å². The number of allylic oxidation sites excluding steroid dienone is 2. The minimum absolute atomic E-state index is 0.364. The van der Waals surface area contributed by atoms with Gasteiger partial charge in [0.2, 0.25) is 5.91 Å². The van der Waals surface area contributed by atoms with Crippen molar-refractivity contribution >= 4 is 5.91 Å². The second kappa shape index (κ2) is 49.1. The molecule has 4 atom stereocenters. The average molecular weight is 850 g/mol. The molecular weight excluding hydrogens is 743 g/mol. The summed E-state index contributed by atoms with van der Waals surface area (Å²) in [4.78, 5) is 12.5. The lowest BCUT2D eigenvalue weighted by atomic mass is 9.99. The van der Waals surface area contributed by atoms with Crippen LogP contribution in [0.2, 0.25) is 0 Å². The fourth-order valence-corrected chi connectivity index (χ4v) is 8.70. The second-order valence-electron chi connectivity index (χ2n) is 18.9. The van der Waals surface area contributed by atoms with Crippen molar-refractivity contribution in [3.63, 3.8) is 0 Å². The zero-order valence-electron chi connectivity index (χ0n) is 40.5. The van der Waals surface area contributed by atoms with Gasteiger partial charge in [-0.25, -0.2) is 0 Å². The molecular formula is C54H107NO5. The molecule has 0 aromatic rings. The lowest BCUT2D eigenvalue weighted by molar-refractivity contribution is -0.132. The highest BCUT2D eigenvalue weighted by atomic mass is 16.3. The maximum atomic E-state index is 12.5. The number of hydrogen-bond donors (Lipinski definition) is 5. The van der Waals surface area contributed by atoms with Crippen molar-refractivity contribution in [2.75, 3.05) is 6.61 Å². The van der Waals surface area contributed by atoms with Gasteiger partial charge in [-0.2, -0.15) is 0 Å². The van der Waals surface area contributed by atoms with Gasteiger partial charge in [0.15, 0.2) is 0 Å². The molecule has 0 spiro atoms. The van der Waals surface area contributed by atoms with E-state index in [0.29, 0.717) is 12.8 Å². The molecule has 0 rings (SSSR count). The number of aliphatic hydroxyl groups is 4. The predicted octanol–water partition coefficient (Wildman–Crippen LogP) is 15.3. The second-order valence-corrected chi connectivity index (χ2v) is 18.9. The first-order valence-corrected chi connectivity index (χ1v) is 27.1. The lowest BCUT2D eigenvalue weighted by Gasteiger charge is -2.27. The summed E-state index contributed by atoms with van der Waals surface area (Å²) in [6.07, 6.45) is 57.1. The molecule has 0 bridgehead atoms. The first-order valence-electron chi connectivity index (χ1n) is 27.1. The number of carbonyl (C=O) groups excluding carboxylic acids is 1. The van der Waals surface area contributed by atoms with Gasteiger partial charge in [-0.05, 0) is 38.5 Å². The highest BCUT2D eigenvalue weighted by Crippen LogP contribution is 2.18. The van der Waals surface area contributed by atoms with Gasteiger partial charge >= 0.3 is 0 Å². The van der Waals surface area contributed by atoms with E-state index in [9.17, 15) is 25.2 Å². The van der Waals surface area contributed by atoms with Crippen LogP contribution in [0.5, 0.6) is 0 Å². The van der Waals surface area contributed by atoms with Crippen LogP contribution in [0.1, 0.15) is 296 Å². The van der Waals surface area contributed by atoms with Gasteiger partial charge in [0.25, 0.3) is 0 Å². The van der Waals surface area contributed by atoms with Gasteiger partial charge in [0.05, 0.1) is 18.8 Å². The van der Waals surface area contributed by atoms with Crippen molar-refractivity contribution in [2.24, 2.45) is 0 Å². The third-order valence-electron chi connectivity index (χ3n) is 13.0. The molecule has 0 aliphatic heterocycles. The molecule has 6 nitrogen and oxygen atoms in total. The van der Waals surface area contributed by atoms with Gasteiger partial charge in [0.1, 0.15) is 12.2 Å². The Morgan fingerprint density at radius 3 is 0.983 bits per heavy atom. The fourth-order valence-electron chi connectivity index (χ4n) is 8.70. The van der Waals surface area contributed by atoms with E-state index < -0.39 is 36.9 Å². The molecule has 358 valence electrons. The van der Waals surface area contributed by atoms with Crippen molar-refractivity contribution in [1.82, 2.24) is 5.32 Å². The molecule has 60 heavy (non-hydrogen) atoms. The number of aliphatic hydroxyl groups excluding tert-OH is 4. The summed E-state index contributed by atoms with van der Waals surface area (Å²) < 4.78 is 0. The van der Waals surface area contributed by atoms with Crippen molar-refractivity contribution < 1.29 is 25.2 Å². The third-order valence-corrected chi connectivity index (χ3v) is 13.0. The van der Waals surface area contributed by atoms with E-state index in [1.807, 2.05) is 0 Å². The Hall–Kier alpha value is -0.950. The van der Waals surface area contributed by atoms with Crippen LogP contribution in [-0.4, -0.2) is 57.3 Å². The molecule has 6 heteroatoms. The number of hydrogen-bond acceptors (Lipinski definition) is 5. The molecule has 0 heterocycles. The summed E-state index contributed by atoms with van der Waals surface area (Å²) in [6.45, 7) is 4.06. The van der Waals surface area contributed by atoms with Crippen LogP contribution in [0.15, 0.2) is 12.2 Å². The number of rotatable bonds is 50. The monoisotopic (exact) mass is 850 g/mol. The fraction of sp³-hybridized carbons (Fsp3) is 0.944. The normalized spacial score (nSPS) is 13.9. The lowest BCUT2D eigenvalue weighted by Crippen LogP contribution is -2.53. The summed E-state index contributed by atoms with van der Waals surface area (Å²) in [5.41, 5.74) is 0. The molecule has 0 aliphatic carbocycles. The third kappa shape index (κ3) is 42.4. The Morgan fingerprint density at radius 2 is 0.667 bits per heavy atom. The molecule has 0 aromatic carbocycles. The number of amides is 1. The van der Waals surface area contributed by atoms with E-state index in [1.165, 1.54) is 225 Å². The van der Waals surface area contributed by atoms with Gasteiger partial charge in [-0.15, -0.1) is 0 Å². The Kier molecular flexibility index (Phi) is 48.3. The molecule has 0 saturated heterocycles. The van der Waals surface area contributed by atoms with Crippen LogP contribution in [0.3, 0.4) is 0 Å². The molecule has 0 saturated carbocycles. The summed E-state index contributed by atoms with van der Waals surface area (Å²) in [5.74, 6) is -0.585. The van der Waals surface area contributed by atoms with Crippen LogP contribution in [0, 0.1) is 0 Å². The van der Waals surface area contributed by atoms with Gasteiger partial charge in [0, 0.05) is 0 Å². The Bertz CT molecular complexity index is 867. The summed E-state index contributed by atoms with van der Waals surface area (Å²) in [6, 6.07) is -0.985. The molecule has 0 aromatic heterocycles. The maximum Gasteiger partial charge on any atom is 0.249 e.